The van der Waals surface area contributed by atoms with Crippen molar-refractivity contribution in [2.75, 3.05) is 11.9 Å². The Labute approximate surface area is 107 Å². The highest BCUT2D eigenvalue weighted by Gasteiger charge is 2.12. The summed E-state index contributed by atoms with van der Waals surface area (Å²) in [4.78, 5) is 0. The Bertz CT molecular complexity index is 294. The molecule has 0 fully saturated rings. The maximum absolute atomic E-state index is 5.57. The van der Waals surface area contributed by atoms with Gasteiger partial charge < -0.3 is 4.74 Å². The second-order valence-electron chi connectivity index (χ2n) is 4.34. The van der Waals surface area contributed by atoms with Crippen molar-refractivity contribution in [2.45, 2.75) is 33.1 Å². The van der Waals surface area contributed by atoms with Crippen LogP contribution in [-0.2, 0) is 0 Å². The molecule has 2 heteroatoms. The highest BCUT2D eigenvalue weighted by atomic mass is 79.9. The van der Waals surface area contributed by atoms with Gasteiger partial charge in [0.2, 0.25) is 0 Å². The first kappa shape index (κ1) is 13.6. The van der Waals surface area contributed by atoms with Gasteiger partial charge in [-0.3, -0.25) is 0 Å². The van der Waals surface area contributed by atoms with Gasteiger partial charge in [0.15, 0.2) is 0 Å². The molecule has 1 aromatic carbocycles. The van der Waals surface area contributed by atoms with Crippen molar-refractivity contribution in [1.29, 1.82) is 0 Å². The quantitative estimate of drug-likeness (QED) is 0.693. The molecule has 2 atom stereocenters. The van der Waals surface area contributed by atoms with Crippen LogP contribution in [0.4, 0.5) is 0 Å². The lowest BCUT2D eigenvalue weighted by atomic mass is 9.90. The molecule has 0 amide bonds. The molecule has 0 aliphatic rings. The molecule has 0 bridgehead atoms. The van der Waals surface area contributed by atoms with E-state index in [1.807, 2.05) is 0 Å². The van der Waals surface area contributed by atoms with Crippen molar-refractivity contribution in [3.05, 3.63) is 29.8 Å². The minimum Gasteiger partial charge on any atom is -0.494 e. The first-order chi connectivity index (χ1) is 7.69. The van der Waals surface area contributed by atoms with Crippen molar-refractivity contribution in [3.8, 4) is 5.75 Å². The lowest BCUT2D eigenvalue weighted by Crippen LogP contribution is -2.07. The summed E-state index contributed by atoms with van der Waals surface area (Å²) >= 11 is 3.54. The topological polar surface area (TPSA) is 9.23 Å². The molecule has 90 valence electrons. The molecule has 0 aliphatic carbocycles. The van der Waals surface area contributed by atoms with Crippen molar-refractivity contribution in [1.82, 2.24) is 0 Å². The van der Waals surface area contributed by atoms with Crippen molar-refractivity contribution in [2.24, 2.45) is 5.92 Å². The van der Waals surface area contributed by atoms with Crippen LogP contribution in [0.3, 0.4) is 0 Å². The van der Waals surface area contributed by atoms with Gasteiger partial charge in [-0.2, -0.15) is 0 Å². The fourth-order valence-corrected chi connectivity index (χ4v) is 2.11. The molecule has 1 rings (SSSR count). The second kappa shape index (κ2) is 6.95. The van der Waals surface area contributed by atoms with Crippen LogP contribution in [0.2, 0.25) is 0 Å². The van der Waals surface area contributed by atoms with Gasteiger partial charge in [-0.15, -0.1) is 0 Å². The van der Waals surface area contributed by atoms with E-state index in [0.717, 1.165) is 24.1 Å². The standard InChI is InChI=1S/C14H21BrO/c1-4-9-16-14-7-5-13(6-8-14)12(3)11(2)10-15/h5-8,11-12H,4,9-10H2,1-3H3. The summed E-state index contributed by atoms with van der Waals surface area (Å²) in [6, 6.07) is 8.49. The van der Waals surface area contributed by atoms with Gasteiger partial charge in [-0.05, 0) is 36.0 Å². The summed E-state index contributed by atoms with van der Waals surface area (Å²) in [7, 11) is 0. The zero-order valence-corrected chi connectivity index (χ0v) is 12.0. The first-order valence-electron chi connectivity index (χ1n) is 5.97. The zero-order chi connectivity index (χ0) is 12.0. The minimum atomic E-state index is 0.583. The predicted octanol–water partition coefficient (Wildman–Crippen LogP) is 4.61. The van der Waals surface area contributed by atoms with Crippen LogP contribution in [0, 0.1) is 5.92 Å². The number of hydrogen-bond donors (Lipinski definition) is 0. The molecule has 0 saturated carbocycles. The van der Waals surface area contributed by atoms with E-state index < -0.39 is 0 Å². The third-order valence-corrected chi connectivity index (χ3v) is 4.00. The summed E-state index contributed by atoms with van der Waals surface area (Å²) in [6.07, 6.45) is 1.05. The summed E-state index contributed by atoms with van der Waals surface area (Å²) < 4.78 is 5.57. The zero-order valence-electron chi connectivity index (χ0n) is 10.4. The molecule has 0 saturated heterocycles. The number of hydrogen-bond acceptors (Lipinski definition) is 1. The van der Waals surface area contributed by atoms with Crippen molar-refractivity contribution < 1.29 is 4.74 Å². The Morgan fingerprint density at radius 3 is 2.31 bits per heavy atom. The number of rotatable bonds is 6. The monoisotopic (exact) mass is 284 g/mol. The molecule has 1 aromatic rings. The van der Waals surface area contributed by atoms with Gasteiger partial charge in [0, 0.05) is 5.33 Å². The Hall–Kier alpha value is -0.500. The number of ether oxygens (including phenoxy) is 1. The van der Waals surface area contributed by atoms with Gasteiger partial charge in [0.05, 0.1) is 6.61 Å². The predicted molar refractivity (Wildman–Crippen MR) is 73.6 cm³/mol. The van der Waals surface area contributed by atoms with Crippen LogP contribution in [0.15, 0.2) is 24.3 Å². The molecule has 0 aromatic heterocycles. The van der Waals surface area contributed by atoms with Gasteiger partial charge in [-0.25, -0.2) is 0 Å². The van der Waals surface area contributed by atoms with Gasteiger partial charge in [0.1, 0.15) is 5.75 Å². The third kappa shape index (κ3) is 3.82. The van der Waals surface area contributed by atoms with Gasteiger partial charge >= 0.3 is 0 Å². The van der Waals surface area contributed by atoms with E-state index >= 15 is 0 Å². The Morgan fingerprint density at radius 1 is 1.19 bits per heavy atom. The SMILES string of the molecule is CCCOc1ccc(C(C)C(C)CBr)cc1. The van der Waals surface area contributed by atoms with Crippen LogP contribution in [0.5, 0.6) is 5.75 Å². The van der Waals surface area contributed by atoms with Crippen molar-refractivity contribution in [3.63, 3.8) is 0 Å². The smallest absolute Gasteiger partial charge is 0.119 e. The number of benzene rings is 1. The maximum atomic E-state index is 5.57. The Balaban J connectivity index is 2.63. The second-order valence-corrected chi connectivity index (χ2v) is 4.99. The van der Waals surface area contributed by atoms with Crippen LogP contribution in [0.1, 0.15) is 38.7 Å². The largest absolute Gasteiger partial charge is 0.494 e. The minimum absolute atomic E-state index is 0.583. The highest BCUT2D eigenvalue weighted by Crippen LogP contribution is 2.26. The molecule has 0 N–H and O–H groups in total. The number of halogens is 1. The molecule has 2 unspecified atom stereocenters. The van der Waals surface area contributed by atoms with E-state index in [1.54, 1.807) is 0 Å². The molecular weight excluding hydrogens is 264 g/mol. The summed E-state index contributed by atoms with van der Waals surface area (Å²) in [5, 5.41) is 1.04. The fourth-order valence-electron chi connectivity index (χ4n) is 1.55. The third-order valence-electron chi connectivity index (χ3n) is 2.98. The first-order valence-corrected chi connectivity index (χ1v) is 7.09. The maximum Gasteiger partial charge on any atom is 0.119 e. The lowest BCUT2D eigenvalue weighted by Gasteiger charge is -2.18. The molecule has 16 heavy (non-hydrogen) atoms. The van der Waals surface area contributed by atoms with E-state index in [9.17, 15) is 0 Å². The molecular formula is C14H21BrO. The Morgan fingerprint density at radius 2 is 1.81 bits per heavy atom. The van der Waals surface area contributed by atoms with Crippen LogP contribution < -0.4 is 4.74 Å². The van der Waals surface area contributed by atoms with E-state index in [1.165, 1.54) is 5.56 Å². The van der Waals surface area contributed by atoms with E-state index in [-0.39, 0.29) is 0 Å². The molecule has 1 nitrogen and oxygen atoms in total. The summed E-state index contributed by atoms with van der Waals surface area (Å²) in [5.74, 6) is 2.21. The van der Waals surface area contributed by atoms with Gasteiger partial charge in [-0.1, -0.05) is 48.8 Å². The van der Waals surface area contributed by atoms with E-state index in [2.05, 4.69) is 61.0 Å². The van der Waals surface area contributed by atoms with E-state index in [4.69, 9.17) is 4.74 Å². The highest BCUT2D eigenvalue weighted by molar-refractivity contribution is 9.09. The lowest BCUT2D eigenvalue weighted by molar-refractivity contribution is 0.317. The van der Waals surface area contributed by atoms with Crippen molar-refractivity contribution >= 4 is 15.9 Å². The molecule has 0 radical (unpaired) electrons. The Kier molecular flexibility index (Phi) is 5.89. The fraction of sp³-hybridized carbons (Fsp3) is 0.571. The van der Waals surface area contributed by atoms with Gasteiger partial charge in [0.25, 0.3) is 0 Å². The average Bonchev–Trinajstić information content (AvgIpc) is 2.35. The summed E-state index contributed by atoms with van der Waals surface area (Å²) in [6.45, 7) is 7.45. The molecule has 0 aliphatic heterocycles. The number of alkyl halides is 1. The molecule has 0 spiro atoms. The summed E-state index contributed by atoms with van der Waals surface area (Å²) in [5.41, 5.74) is 1.38. The van der Waals surface area contributed by atoms with Crippen LogP contribution >= 0.6 is 15.9 Å². The normalized spacial score (nSPS) is 14.5. The van der Waals surface area contributed by atoms with Crippen LogP contribution in [-0.4, -0.2) is 11.9 Å². The molecule has 0 heterocycles. The van der Waals surface area contributed by atoms with Crippen LogP contribution in [0.25, 0.3) is 0 Å². The average molecular weight is 285 g/mol. The van der Waals surface area contributed by atoms with E-state index in [0.29, 0.717) is 11.8 Å².